The highest BCUT2D eigenvalue weighted by Crippen LogP contribution is 2.31. The summed E-state index contributed by atoms with van der Waals surface area (Å²) in [6.07, 6.45) is 7.02. The van der Waals surface area contributed by atoms with E-state index >= 15 is 0 Å². The molecule has 1 atom stereocenters. The summed E-state index contributed by atoms with van der Waals surface area (Å²) in [5.41, 5.74) is 2.90. The van der Waals surface area contributed by atoms with Crippen LogP contribution < -0.4 is 4.74 Å². The molecule has 0 radical (unpaired) electrons. The fourth-order valence-corrected chi connectivity index (χ4v) is 3.35. The Hall–Kier alpha value is -0.550. The molecule has 0 fully saturated rings. The van der Waals surface area contributed by atoms with Crippen molar-refractivity contribution in [2.24, 2.45) is 0 Å². The van der Waals surface area contributed by atoms with Crippen LogP contribution in [0, 0.1) is 0 Å². The van der Waals surface area contributed by atoms with E-state index in [0.717, 1.165) is 18.7 Å². The van der Waals surface area contributed by atoms with E-state index in [0.29, 0.717) is 6.04 Å². The van der Waals surface area contributed by atoms with Crippen LogP contribution in [-0.2, 0) is 12.8 Å². The van der Waals surface area contributed by atoms with Crippen LogP contribution in [0.15, 0.2) is 28.4 Å². The number of aryl methyl sites for hydroxylation is 1. The first-order valence-electron chi connectivity index (χ1n) is 7.44. The molecule has 1 aromatic rings. The second-order valence-corrected chi connectivity index (χ2v) is 6.07. The molecule has 1 aliphatic rings. The molecule has 0 saturated carbocycles. The van der Waals surface area contributed by atoms with Crippen molar-refractivity contribution in [3.8, 4) is 5.75 Å². The molecular formula is C17H24INO. The summed E-state index contributed by atoms with van der Waals surface area (Å²) in [6.45, 7) is 4.50. The van der Waals surface area contributed by atoms with Gasteiger partial charge in [0.1, 0.15) is 5.75 Å². The summed E-state index contributed by atoms with van der Waals surface area (Å²) in [6, 6.07) is 7.10. The van der Waals surface area contributed by atoms with Crippen LogP contribution in [-0.4, -0.2) is 31.1 Å². The number of hydrogen-bond donors (Lipinski definition) is 0. The molecule has 0 aliphatic heterocycles. The van der Waals surface area contributed by atoms with E-state index in [1.54, 1.807) is 7.11 Å². The van der Waals surface area contributed by atoms with Gasteiger partial charge in [0.25, 0.3) is 0 Å². The van der Waals surface area contributed by atoms with Crippen LogP contribution >= 0.6 is 22.6 Å². The Bertz CT molecular complexity index is 444. The minimum absolute atomic E-state index is 0.645. The summed E-state index contributed by atoms with van der Waals surface area (Å²) in [5, 5.41) is 0. The molecule has 0 aromatic heterocycles. The first-order valence-corrected chi connectivity index (χ1v) is 8.68. The predicted octanol–water partition coefficient (Wildman–Crippen LogP) is 4.21. The highest BCUT2D eigenvalue weighted by Gasteiger charge is 2.25. The normalized spacial score (nSPS) is 18.5. The lowest BCUT2D eigenvalue weighted by Crippen LogP contribution is -2.40. The molecule has 2 nitrogen and oxygen atoms in total. The zero-order chi connectivity index (χ0) is 14.4. The second kappa shape index (κ2) is 8.03. The Morgan fingerprint density at radius 3 is 3.00 bits per heavy atom. The van der Waals surface area contributed by atoms with Crippen molar-refractivity contribution in [2.45, 2.75) is 38.6 Å². The molecule has 20 heavy (non-hydrogen) atoms. The van der Waals surface area contributed by atoms with Crippen LogP contribution in [0.5, 0.6) is 5.75 Å². The van der Waals surface area contributed by atoms with Gasteiger partial charge in [-0.2, -0.15) is 0 Å². The molecule has 0 heterocycles. The fraction of sp³-hybridized carbons (Fsp3) is 0.529. The van der Waals surface area contributed by atoms with E-state index in [1.807, 2.05) is 0 Å². The molecule has 2 rings (SSSR count). The van der Waals surface area contributed by atoms with Gasteiger partial charge in [-0.3, -0.25) is 4.90 Å². The van der Waals surface area contributed by atoms with Crippen LogP contribution in [0.25, 0.3) is 0 Å². The van der Waals surface area contributed by atoms with Gasteiger partial charge in [0.15, 0.2) is 0 Å². The Morgan fingerprint density at radius 2 is 2.30 bits per heavy atom. The van der Waals surface area contributed by atoms with Crippen molar-refractivity contribution >= 4 is 22.6 Å². The third-order valence-electron chi connectivity index (χ3n) is 4.09. The van der Waals surface area contributed by atoms with Gasteiger partial charge in [0.2, 0.25) is 0 Å². The Kier molecular flexibility index (Phi) is 6.36. The highest BCUT2D eigenvalue weighted by atomic mass is 127. The molecule has 0 N–H and O–H groups in total. The smallest absolute Gasteiger partial charge is 0.122 e. The lowest BCUT2D eigenvalue weighted by Gasteiger charge is -2.35. The summed E-state index contributed by atoms with van der Waals surface area (Å²) in [5.74, 6) is 1.06. The standard InChI is InChI=1S/C17H24INO/c1-3-11-19(12-5-10-18)15-9-8-14-6-4-7-17(20-2)16(14)13-15/h4-7,10,15H,3,8-9,11-13H2,1-2H3/b10-5+/t15-/m0/s1. The molecule has 0 saturated heterocycles. The van der Waals surface area contributed by atoms with Crippen LogP contribution in [0.3, 0.4) is 0 Å². The van der Waals surface area contributed by atoms with Crippen molar-refractivity contribution in [3.05, 3.63) is 39.5 Å². The van der Waals surface area contributed by atoms with E-state index < -0.39 is 0 Å². The molecule has 110 valence electrons. The van der Waals surface area contributed by atoms with Gasteiger partial charge in [-0.1, -0.05) is 47.7 Å². The van der Waals surface area contributed by atoms with Crippen molar-refractivity contribution in [1.82, 2.24) is 4.90 Å². The maximum Gasteiger partial charge on any atom is 0.122 e. The molecule has 1 aromatic carbocycles. The monoisotopic (exact) mass is 385 g/mol. The number of fused-ring (bicyclic) bond motifs is 1. The van der Waals surface area contributed by atoms with Crippen molar-refractivity contribution in [3.63, 3.8) is 0 Å². The summed E-state index contributed by atoms with van der Waals surface area (Å²) >= 11 is 2.30. The maximum absolute atomic E-state index is 5.55. The van der Waals surface area contributed by atoms with E-state index in [-0.39, 0.29) is 0 Å². The zero-order valence-electron chi connectivity index (χ0n) is 12.4. The van der Waals surface area contributed by atoms with Crippen LogP contribution in [0.4, 0.5) is 0 Å². The number of ether oxygens (including phenoxy) is 1. The lowest BCUT2D eigenvalue weighted by molar-refractivity contribution is 0.198. The van der Waals surface area contributed by atoms with Gasteiger partial charge in [0.05, 0.1) is 7.11 Å². The van der Waals surface area contributed by atoms with Gasteiger partial charge in [-0.15, -0.1) is 0 Å². The largest absolute Gasteiger partial charge is 0.496 e. The molecule has 0 spiro atoms. The third kappa shape index (κ3) is 3.76. The summed E-state index contributed by atoms with van der Waals surface area (Å²) < 4.78 is 7.67. The first kappa shape index (κ1) is 15.8. The number of benzene rings is 1. The lowest BCUT2D eigenvalue weighted by atomic mass is 9.86. The molecule has 0 bridgehead atoms. The quantitative estimate of drug-likeness (QED) is 0.681. The average Bonchev–Trinajstić information content (AvgIpc) is 2.50. The van der Waals surface area contributed by atoms with Crippen LogP contribution in [0.1, 0.15) is 30.9 Å². The highest BCUT2D eigenvalue weighted by molar-refractivity contribution is 14.1. The predicted molar refractivity (Wildman–Crippen MR) is 93.8 cm³/mol. The van der Waals surface area contributed by atoms with E-state index in [4.69, 9.17) is 4.74 Å². The van der Waals surface area contributed by atoms with Crippen molar-refractivity contribution in [1.29, 1.82) is 0 Å². The minimum atomic E-state index is 0.645. The molecule has 1 aliphatic carbocycles. The SMILES string of the molecule is CCCN(C/C=C/I)[C@H]1CCc2cccc(OC)c2C1. The van der Waals surface area contributed by atoms with Gasteiger partial charge in [-0.05, 0) is 53.5 Å². The summed E-state index contributed by atoms with van der Waals surface area (Å²) in [4.78, 5) is 2.62. The number of methoxy groups -OCH3 is 1. The second-order valence-electron chi connectivity index (χ2n) is 5.35. The number of nitrogens with zero attached hydrogens (tertiary/aromatic N) is 1. The Balaban J connectivity index is 2.15. The number of halogens is 1. The van der Waals surface area contributed by atoms with Crippen LogP contribution in [0.2, 0.25) is 0 Å². The molecule has 0 amide bonds. The minimum Gasteiger partial charge on any atom is -0.496 e. The van der Waals surface area contributed by atoms with E-state index in [9.17, 15) is 0 Å². The first-order chi connectivity index (χ1) is 9.80. The van der Waals surface area contributed by atoms with E-state index in [2.05, 4.69) is 62.8 Å². The number of hydrogen-bond acceptors (Lipinski definition) is 2. The molecule has 3 heteroatoms. The van der Waals surface area contributed by atoms with Gasteiger partial charge < -0.3 is 4.74 Å². The molecule has 0 unspecified atom stereocenters. The summed E-state index contributed by atoms with van der Waals surface area (Å²) in [7, 11) is 1.78. The maximum atomic E-state index is 5.55. The van der Waals surface area contributed by atoms with E-state index in [1.165, 1.54) is 36.9 Å². The van der Waals surface area contributed by atoms with Gasteiger partial charge >= 0.3 is 0 Å². The van der Waals surface area contributed by atoms with Crippen molar-refractivity contribution < 1.29 is 4.74 Å². The van der Waals surface area contributed by atoms with Gasteiger partial charge in [-0.25, -0.2) is 0 Å². The number of rotatable bonds is 6. The zero-order valence-corrected chi connectivity index (χ0v) is 14.6. The Labute approximate surface area is 136 Å². The topological polar surface area (TPSA) is 12.5 Å². The Morgan fingerprint density at radius 1 is 1.45 bits per heavy atom. The fourth-order valence-electron chi connectivity index (χ4n) is 3.13. The van der Waals surface area contributed by atoms with Gasteiger partial charge in [0, 0.05) is 12.6 Å². The molecular weight excluding hydrogens is 361 g/mol. The third-order valence-corrected chi connectivity index (χ3v) is 4.60. The van der Waals surface area contributed by atoms with Crippen molar-refractivity contribution in [2.75, 3.05) is 20.2 Å². The average molecular weight is 385 g/mol.